The Bertz CT molecular complexity index is 408. The van der Waals surface area contributed by atoms with Crippen LogP contribution >= 0.6 is 0 Å². The van der Waals surface area contributed by atoms with Gasteiger partial charge in [-0.3, -0.25) is 0 Å². The molecule has 1 aliphatic carbocycles. The average molecular weight is 280 g/mol. The lowest BCUT2D eigenvalue weighted by Gasteiger charge is -2.20. The monoisotopic (exact) mass is 280 g/mol. The van der Waals surface area contributed by atoms with Gasteiger partial charge in [-0.25, -0.2) is 4.98 Å². The zero-order chi connectivity index (χ0) is 14.2. The number of nitrogen functional groups attached to an aromatic ring is 1. The van der Waals surface area contributed by atoms with Gasteiger partial charge in [-0.15, -0.1) is 0 Å². The number of hydrogen-bond acceptors (Lipinski definition) is 6. The van der Waals surface area contributed by atoms with E-state index in [1.54, 1.807) is 7.11 Å². The molecule has 0 spiro atoms. The minimum atomic E-state index is 0.326. The second kappa shape index (κ2) is 8.11. The summed E-state index contributed by atoms with van der Waals surface area (Å²) in [6.45, 7) is 1.77. The molecule has 0 aliphatic heterocycles. The summed E-state index contributed by atoms with van der Waals surface area (Å²) in [6, 6.07) is 0. The van der Waals surface area contributed by atoms with Crippen molar-refractivity contribution < 1.29 is 9.47 Å². The van der Waals surface area contributed by atoms with Crippen LogP contribution in [0, 0.1) is 0 Å². The first-order valence-corrected chi connectivity index (χ1v) is 7.36. The number of ether oxygens (including phenoxy) is 2. The molecule has 0 atom stereocenters. The van der Waals surface area contributed by atoms with E-state index in [1.807, 2.05) is 0 Å². The Kier molecular flexibility index (Phi) is 6.14. The highest BCUT2D eigenvalue weighted by Crippen LogP contribution is 2.30. The van der Waals surface area contributed by atoms with Crippen LogP contribution in [0.15, 0.2) is 0 Å². The second-order valence-electron chi connectivity index (χ2n) is 5.16. The van der Waals surface area contributed by atoms with E-state index < -0.39 is 0 Å². The third kappa shape index (κ3) is 4.68. The predicted molar refractivity (Wildman–Crippen MR) is 76.5 cm³/mol. The standard InChI is InChI=1S/C14H24N4O2/c1-19-9-10-20-8-7-12-16-13(18-14(15)17-12)11-5-3-2-4-6-11/h11H,2-10H2,1H3,(H2,15,16,17,18). The molecule has 0 amide bonds. The molecule has 1 aliphatic rings. The van der Waals surface area contributed by atoms with Crippen molar-refractivity contribution in [1.82, 2.24) is 15.0 Å². The number of nitrogens with two attached hydrogens (primary N) is 1. The molecule has 6 nitrogen and oxygen atoms in total. The van der Waals surface area contributed by atoms with Gasteiger partial charge in [0.15, 0.2) is 0 Å². The van der Waals surface area contributed by atoms with Gasteiger partial charge in [0.1, 0.15) is 11.6 Å². The molecule has 0 unspecified atom stereocenters. The Hall–Kier alpha value is -1.27. The van der Waals surface area contributed by atoms with Crippen molar-refractivity contribution in [3.05, 3.63) is 11.6 Å². The molecule has 2 rings (SSSR count). The molecule has 1 saturated carbocycles. The maximum Gasteiger partial charge on any atom is 0.223 e. The van der Waals surface area contributed by atoms with E-state index in [1.165, 1.54) is 19.3 Å². The van der Waals surface area contributed by atoms with Crippen LogP contribution in [-0.2, 0) is 15.9 Å². The molecular formula is C14H24N4O2. The van der Waals surface area contributed by atoms with Crippen LogP contribution in [0.25, 0.3) is 0 Å². The fraction of sp³-hybridized carbons (Fsp3) is 0.786. The molecule has 112 valence electrons. The molecule has 0 bridgehead atoms. The molecule has 20 heavy (non-hydrogen) atoms. The van der Waals surface area contributed by atoms with E-state index in [9.17, 15) is 0 Å². The Morgan fingerprint density at radius 3 is 2.60 bits per heavy atom. The third-order valence-electron chi connectivity index (χ3n) is 3.59. The van der Waals surface area contributed by atoms with Crippen molar-refractivity contribution in [2.24, 2.45) is 0 Å². The fourth-order valence-corrected chi connectivity index (χ4v) is 2.52. The number of nitrogens with zero attached hydrogens (tertiary/aromatic N) is 3. The number of anilines is 1. The number of methoxy groups -OCH3 is 1. The summed E-state index contributed by atoms with van der Waals surface area (Å²) < 4.78 is 10.4. The van der Waals surface area contributed by atoms with E-state index in [4.69, 9.17) is 15.2 Å². The van der Waals surface area contributed by atoms with Crippen LogP contribution in [0.2, 0.25) is 0 Å². The van der Waals surface area contributed by atoms with Crippen LogP contribution in [-0.4, -0.2) is 41.9 Å². The molecule has 0 saturated heterocycles. The van der Waals surface area contributed by atoms with Gasteiger partial charge in [0.05, 0.1) is 19.8 Å². The molecule has 1 aromatic heterocycles. The first-order chi connectivity index (χ1) is 9.79. The predicted octanol–water partition coefficient (Wildman–Crippen LogP) is 1.71. The number of aromatic nitrogens is 3. The third-order valence-corrected chi connectivity index (χ3v) is 3.59. The lowest BCUT2D eigenvalue weighted by molar-refractivity contribution is 0.0716. The molecule has 0 radical (unpaired) electrons. The highest BCUT2D eigenvalue weighted by atomic mass is 16.5. The Balaban J connectivity index is 1.90. The van der Waals surface area contributed by atoms with Gasteiger partial charge in [-0.2, -0.15) is 9.97 Å². The van der Waals surface area contributed by atoms with Crippen LogP contribution in [0.5, 0.6) is 0 Å². The average Bonchev–Trinajstić information content (AvgIpc) is 2.47. The van der Waals surface area contributed by atoms with E-state index in [0.717, 1.165) is 24.5 Å². The first kappa shape index (κ1) is 15.1. The zero-order valence-corrected chi connectivity index (χ0v) is 12.2. The molecule has 6 heteroatoms. The van der Waals surface area contributed by atoms with Crippen molar-refractivity contribution in [2.45, 2.75) is 44.4 Å². The maximum absolute atomic E-state index is 5.79. The SMILES string of the molecule is COCCOCCc1nc(N)nc(C2CCCCC2)n1. The van der Waals surface area contributed by atoms with Crippen LogP contribution in [0.1, 0.15) is 49.7 Å². The highest BCUT2D eigenvalue weighted by Gasteiger charge is 2.19. The quantitative estimate of drug-likeness (QED) is 0.765. The van der Waals surface area contributed by atoms with Crippen molar-refractivity contribution in [3.63, 3.8) is 0 Å². The van der Waals surface area contributed by atoms with Gasteiger partial charge in [0, 0.05) is 19.4 Å². The summed E-state index contributed by atoms with van der Waals surface area (Å²) >= 11 is 0. The van der Waals surface area contributed by atoms with Crippen molar-refractivity contribution in [3.8, 4) is 0 Å². The largest absolute Gasteiger partial charge is 0.382 e. The number of rotatable bonds is 7. The molecular weight excluding hydrogens is 256 g/mol. The van der Waals surface area contributed by atoms with Crippen LogP contribution in [0.4, 0.5) is 5.95 Å². The number of hydrogen-bond donors (Lipinski definition) is 1. The van der Waals surface area contributed by atoms with Gasteiger partial charge >= 0.3 is 0 Å². The minimum absolute atomic E-state index is 0.326. The maximum atomic E-state index is 5.79. The van der Waals surface area contributed by atoms with E-state index in [2.05, 4.69) is 15.0 Å². The lowest BCUT2D eigenvalue weighted by atomic mass is 9.89. The zero-order valence-electron chi connectivity index (χ0n) is 12.2. The Labute approximate surface area is 120 Å². The highest BCUT2D eigenvalue weighted by molar-refractivity contribution is 5.17. The first-order valence-electron chi connectivity index (χ1n) is 7.36. The fourth-order valence-electron chi connectivity index (χ4n) is 2.52. The second-order valence-corrected chi connectivity index (χ2v) is 5.16. The summed E-state index contributed by atoms with van der Waals surface area (Å²) in [5, 5.41) is 0. The van der Waals surface area contributed by atoms with Gasteiger partial charge in [-0.1, -0.05) is 19.3 Å². The Morgan fingerprint density at radius 2 is 1.85 bits per heavy atom. The van der Waals surface area contributed by atoms with Gasteiger partial charge in [0.2, 0.25) is 5.95 Å². The van der Waals surface area contributed by atoms with Crippen LogP contribution < -0.4 is 5.73 Å². The molecule has 1 fully saturated rings. The molecule has 2 N–H and O–H groups in total. The van der Waals surface area contributed by atoms with Gasteiger partial charge in [0.25, 0.3) is 0 Å². The van der Waals surface area contributed by atoms with Gasteiger partial charge < -0.3 is 15.2 Å². The lowest BCUT2D eigenvalue weighted by Crippen LogP contribution is -2.15. The molecule has 1 heterocycles. The van der Waals surface area contributed by atoms with Crippen molar-refractivity contribution in [1.29, 1.82) is 0 Å². The summed E-state index contributed by atoms with van der Waals surface area (Å²) in [7, 11) is 1.66. The molecule has 0 aromatic carbocycles. The van der Waals surface area contributed by atoms with Crippen molar-refractivity contribution in [2.75, 3.05) is 32.7 Å². The topological polar surface area (TPSA) is 83.2 Å². The minimum Gasteiger partial charge on any atom is -0.382 e. The summed E-state index contributed by atoms with van der Waals surface area (Å²) in [5.74, 6) is 2.37. The Morgan fingerprint density at radius 1 is 1.05 bits per heavy atom. The smallest absolute Gasteiger partial charge is 0.223 e. The summed E-state index contributed by atoms with van der Waals surface area (Å²) in [5.41, 5.74) is 5.79. The summed E-state index contributed by atoms with van der Waals surface area (Å²) in [6.07, 6.45) is 6.81. The van der Waals surface area contributed by atoms with E-state index >= 15 is 0 Å². The van der Waals surface area contributed by atoms with Crippen molar-refractivity contribution >= 4 is 5.95 Å². The van der Waals surface area contributed by atoms with E-state index in [-0.39, 0.29) is 0 Å². The van der Waals surface area contributed by atoms with E-state index in [0.29, 0.717) is 38.1 Å². The van der Waals surface area contributed by atoms with Gasteiger partial charge in [-0.05, 0) is 12.8 Å². The molecule has 1 aromatic rings. The van der Waals surface area contributed by atoms with Crippen LogP contribution in [0.3, 0.4) is 0 Å². The summed E-state index contributed by atoms with van der Waals surface area (Å²) in [4.78, 5) is 13.1. The normalized spacial score (nSPS) is 16.4.